The quantitative estimate of drug-likeness (QED) is 0.506. The standard InChI is InChI=1S/C24H28N4O5/c1-15(2)17-5-4-6-20(13-17)33-16(3)23(31)27-19-9-7-18(8-10-19)26-21(29)11-12-28-22(30)14-25-24(28)32/h4-10,13,15-16H,11-12,14H2,1-3H3,(H,25,32)(H,26,29)(H,27,31). The Kier molecular flexibility index (Phi) is 7.66. The number of carbonyl (C=O) groups is 4. The van der Waals surface area contributed by atoms with Crippen LogP contribution in [0.25, 0.3) is 0 Å². The molecule has 2 aromatic rings. The third-order valence-corrected chi connectivity index (χ3v) is 5.14. The van der Waals surface area contributed by atoms with Gasteiger partial charge in [-0.3, -0.25) is 19.3 Å². The highest BCUT2D eigenvalue weighted by Gasteiger charge is 2.28. The van der Waals surface area contributed by atoms with Crippen molar-refractivity contribution in [1.29, 1.82) is 0 Å². The number of imide groups is 1. The predicted octanol–water partition coefficient (Wildman–Crippen LogP) is 3.10. The number of amides is 5. The van der Waals surface area contributed by atoms with E-state index in [1.165, 1.54) is 0 Å². The van der Waals surface area contributed by atoms with Gasteiger partial charge in [0.1, 0.15) is 5.75 Å². The maximum atomic E-state index is 12.5. The normalized spacial score (nSPS) is 14.1. The highest BCUT2D eigenvalue weighted by molar-refractivity contribution is 6.02. The first-order valence-corrected chi connectivity index (χ1v) is 10.8. The molecule has 3 N–H and O–H groups in total. The van der Waals surface area contributed by atoms with E-state index in [0.717, 1.165) is 10.5 Å². The highest BCUT2D eigenvalue weighted by Crippen LogP contribution is 2.21. The van der Waals surface area contributed by atoms with Gasteiger partial charge in [-0.15, -0.1) is 0 Å². The molecule has 0 bridgehead atoms. The average molecular weight is 453 g/mol. The Morgan fingerprint density at radius 1 is 1.03 bits per heavy atom. The summed E-state index contributed by atoms with van der Waals surface area (Å²) in [5.74, 6) is 0.0212. The van der Waals surface area contributed by atoms with Crippen molar-refractivity contribution in [2.24, 2.45) is 0 Å². The Hall–Kier alpha value is -3.88. The minimum atomic E-state index is -0.697. The summed E-state index contributed by atoms with van der Waals surface area (Å²) in [6.45, 7) is 5.84. The fourth-order valence-electron chi connectivity index (χ4n) is 3.20. The first-order valence-electron chi connectivity index (χ1n) is 10.8. The van der Waals surface area contributed by atoms with Crippen molar-refractivity contribution in [2.75, 3.05) is 23.7 Å². The molecule has 1 aliphatic rings. The molecule has 1 fully saturated rings. The molecule has 1 atom stereocenters. The van der Waals surface area contributed by atoms with E-state index in [-0.39, 0.29) is 37.2 Å². The van der Waals surface area contributed by atoms with Crippen molar-refractivity contribution in [2.45, 2.75) is 39.2 Å². The van der Waals surface area contributed by atoms with Crippen LogP contribution in [0.4, 0.5) is 16.2 Å². The lowest BCUT2D eigenvalue weighted by Crippen LogP contribution is -2.33. The van der Waals surface area contributed by atoms with Crippen molar-refractivity contribution < 1.29 is 23.9 Å². The van der Waals surface area contributed by atoms with Crippen LogP contribution in [0, 0.1) is 0 Å². The molecule has 0 spiro atoms. The van der Waals surface area contributed by atoms with Crippen molar-refractivity contribution >= 4 is 35.1 Å². The summed E-state index contributed by atoms with van der Waals surface area (Å²) in [5.41, 5.74) is 2.22. The molecule has 174 valence electrons. The summed E-state index contributed by atoms with van der Waals surface area (Å²) in [6, 6.07) is 13.8. The summed E-state index contributed by atoms with van der Waals surface area (Å²) in [7, 11) is 0. The van der Waals surface area contributed by atoms with Gasteiger partial charge in [0, 0.05) is 24.3 Å². The summed E-state index contributed by atoms with van der Waals surface area (Å²) < 4.78 is 5.77. The Bertz CT molecular complexity index is 1020. The third kappa shape index (κ3) is 6.55. The van der Waals surface area contributed by atoms with Gasteiger partial charge >= 0.3 is 6.03 Å². The van der Waals surface area contributed by atoms with Crippen LogP contribution < -0.4 is 20.7 Å². The minimum absolute atomic E-state index is 0.00941. The number of rotatable bonds is 9. The highest BCUT2D eigenvalue weighted by atomic mass is 16.5. The number of benzene rings is 2. The lowest BCUT2D eigenvalue weighted by Gasteiger charge is -2.16. The topological polar surface area (TPSA) is 117 Å². The van der Waals surface area contributed by atoms with E-state index in [1.54, 1.807) is 31.2 Å². The van der Waals surface area contributed by atoms with Crippen LogP contribution in [0.5, 0.6) is 5.75 Å². The van der Waals surface area contributed by atoms with Crippen molar-refractivity contribution in [3.05, 3.63) is 54.1 Å². The molecule has 0 aromatic heterocycles. The monoisotopic (exact) mass is 452 g/mol. The molecule has 0 aliphatic carbocycles. The molecular formula is C24H28N4O5. The maximum absolute atomic E-state index is 12.5. The van der Waals surface area contributed by atoms with Crippen LogP contribution in [0.2, 0.25) is 0 Å². The molecular weight excluding hydrogens is 424 g/mol. The zero-order valence-electron chi connectivity index (χ0n) is 18.9. The molecule has 33 heavy (non-hydrogen) atoms. The third-order valence-electron chi connectivity index (χ3n) is 5.14. The number of carbonyl (C=O) groups excluding carboxylic acids is 4. The van der Waals surface area contributed by atoms with Crippen LogP contribution in [0.15, 0.2) is 48.5 Å². The van der Waals surface area contributed by atoms with Gasteiger partial charge in [-0.25, -0.2) is 4.79 Å². The molecule has 9 nitrogen and oxygen atoms in total. The zero-order valence-corrected chi connectivity index (χ0v) is 18.9. The number of hydrogen-bond acceptors (Lipinski definition) is 5. The molecule has 2 aromatic carbocycles. The van der Waals surface area contributed by atoms with Crippen molar-refractivity contribution in [1.82, 2.24) is 10.2 Å². The molecule has 1 aliphatic heterocycles. The Labute approximate surface area is 192 Å². The zero-order chi connectivity index (χ0) is 24.0. The predicted molar refractivity (Wildman–Crippen MR) is 124 cm³/mol. The molecule has 9 heteroatoms. The molecule has 0 saturated carbocycles. The second-order valence-corrected chi connectivity index (χ2v) is 8.06. The van der Waals surface area contributed by atoms with Crippen molar-refractivity contribution in [3.63, 3.8) is 0 Å². The average Bonchev–Trinajstić information content (AvgIpc) is 3.11. The fraction of sp³-hybridized carbons (Fsp3) is 0.333. The Morgan fingerprint density at radius 2 is 1.70 bits per heavy atom. The maximum Gasteiger partial charge on any atom is 0.324 e. The second kappa shape index (κ2) is 10.6. The number of nitrogens with zero attached hydrogens (tertiary/aromatic N) is 1. The lowest BCUT2D eigenvalue weighted by atomic mass is 10.0. The van der Waals surface area contributed by atoms with E-state index in [2.05, 4.69) is 29.8 Å². The van der Waals surface area contributed by atoms with Gasteiger partial charge < -0.3 is 20.7 Å². The van der Waals surface area contributed by atoms with E-state index >= 15 is 0 Å². The van der Waals surface area contributed by atoms with Crippen LogP contribution in [0.1, 0.15) is 38.7 Å². The van der Waals surface area contributed by atoms with E-state index < -0.39 is 12.1 Å². The van der Waals surface area contributed by atoms with Gasteiger partial charge in [-0.05, 0) is 54.8 Å². The molecule has 1 saturated heterocycles. The smallest absolute Gasteiger partial charge is 0.324 e. The van der Waals surface area contributed by atoms with E-state index in [4.69, 9.17) is 4.74 Å². The SMILES string of the molecule is CC(Oc1cccc(C(C)C)c1)C(=O)Nc1ccc(NC(=O)CCN2C(=O)CNC2=O)cc1. The van der Waals surface area contributed by atoms with Crippen LogP contribution >= 0.6 is 0 Å². The number of anilines is 2. The molecule has 1 heterocycles. The van der Waals surface area contributed by atoms with Gasteiger partial charge in [-0.2, -0.15) is 0 Å². The summed E-state index contributed by atoms with van der Waals surface area (Å²) >= 11 is 0. The summed E-state index contributed by atoms with van der Waals surface area (Å²) in [6.07, 6.45) is -0.706. The van der Waals surface area contributed by atoms with Crippen molar-refractivity contribution in [3.8, 4) is 5.75 Å². The fourth-order valence-corrected chi connectivity index (χ4v) is 3.20. The lowest BCUT2D eigenvalue weighted by molar-refractivity contribution is -0.125. The minimum Gasteiger partial charge on any atom is -0.481 e. The largest absolute Gasteiger partial charge is 0.481 e. The first kappa shape index (κ1) is 23.8. The summed E-state index contributed by atoms with van der Waals surface area (Å²) in [4.78, 5) is 48.6. The number of nitrogens with one attached hydrogen (secondary N) is 3. The molecule has 0 radical (unpaired) electrons. The van der Waals surface area contributed by atoms with Gasteiger partial charge in [-0.1, -0.05) is 26.0 Å². The van der Waals surface area contributed by atoms with Crippen LogP contribution in [0.3, 0.4) is 0 Å². The van der Waals surface area contributed by atoms with Gasteiger partial charge in [0.2, 0.25) is 11.8 Å². The van der Waals surface area contributed by atoms with Gasteiger partial charge in [0.05, 0.1) is 6.54 Å². The van der Waals surface area contributed by atoms with Crippen LogP contribution in [-0.2, 0) is 14.4 Å². The second-order valence-electron chi connectivity index (χ2n) is 8.06. The molecule has 5 amide bonds. The number of ether oxygens (including phenoxy) is 1. The Balaban J connectivity index is 1.47. The van der Waals surface area contributed by atoms with Gasteiger partial charge in [0.15, 0.2) is 6.10 Å². The van der Waals surface area contributed by atoms with E-state index in [1.807, 2.05) is 24.3 Å². The Morgan fingerprint density at radius 3 is 2.30 bits per heavy atom. The van der Waals surface area contributed by atoms with E-state index in [0.29, 0.717) is 23.0 Å². The molecule has 1 unspecified atom stereocenters. The van der Waals surface area contributed by atoms with Gasteiger partial charge in [0.25, 0.3) is 5.91 Å². The van der Waals surface area contributed by atoms with E-state index in [9.17, 15) is 19.2 Å². The summed E-state index contributed by atoms with van der Waals surface area (Å²) in [5, 5.41) is 7.89. The first-order chi connectivity index (χ1) is 15.7. The van der Waals surface area contributed by atoms with Crippen LogP contribution in [-0.4, -0.2) is 47.8 Å². The molecule has 3 rings (SSSR count). The number of urea groups is 1. The number of hydrogen-bond donors (Lipinski definition) is 3.